The number of carbonyl (C=O) groups excluding carboxylic acids is 1. The predicted molar refractivity (Wildman–Crippen MR) is 131 cm³/mol. The topological polar surface area (TPSA) is 59.4 Å². The van der Waals surface area contributed by atoms with Gasteiger partial charge >= 0.3 is 0 Å². The second-order valence-corrected chi connectivity index (χ2v) is 8.82. The highest BCUT2D eigenvalue weighted by atomic mass is 32.1. The third-order valence-electron chi connectivity index (χ3n) is 5.92. The molecule has 0 atom stereocenters. The lowest BCUT2D eigenvalue weighted by Gasteiger charge is -2.36. The van der Waals surface area contributed by atoms with E-state index < -0.39 is 0 Å². The van der Waals surface area contributed by atoms with Crippen molar-refractivity contribution in [2.24, 2.45) is 0 Å². The molecule has 1 aliphatic rings. The van der Waals surface area contributed by atoms with Crippen LogP contribution in [0.4, 0.5) is 5.69 Å². The molecule has 164 valence electrons. The minimum atomic E-state index is -0.00194. The summed E-state index contributed by atoms with van der Waals surface area (Å²) < 4.78 is 0. The molecule has 2 aromatic carbocycles. The molecule has 0 saturated carbocycles. The number of rotatable bonds is 8. The Morgan fingerprint density at radius 3 is 2.34 bits per heavy atom. The molecule has 6 heteroatoms. The molecule has 2 heterocycles. The molecule has 32 heavy (non-hydrogen) atoms. The highest BCUT2D eigenvalue weighted by Gasteiger charge is 2.16. The van der Waals surface area contributed by atoms with Gasteiger partial charge in [-0.2, -0.15) is 16.6 Å². The molecular weight excluding hydrogens is 416 g/mol. The third kappa shape index (κ3) is 5.76. The summed E-state index contributed by atoms with van der Waals surface area (Å²) in [6.45, 7) is 5.86. The van der Waals surface area contributed by atoms with Crippen LogP contribution < -0.4 is 10.2 Å². The Bertz CT molecular complexity index is 1030. The van der Waals surface area contributed by atoms with Crippen LogP contribution >= 0.6 is 11.3 Å². The highest BCUT2D eigenvalue weighted by molar-refractivity contribution is 7.08. The van der Waals surface area contributed by atoms with Gasteiger partial charge in [0.2, 0.25) is 0 Å². The van der Waals surface area contributed by atoms with E-state index in [0.29, 0.717) is 17.7 Å². The molecule has 0 radical (unpaired) electrons. The summed E-state index contributed by atoms with van der Waals surface area (Å²) in [5, 5.41) is 16.1. The Labute approximate surface area is 193 Å². The Balaban J connectivity index is 1.12. The first-order valence-corrected chi connectivity index (χ1v) is 12.1. The first-order chi connectivity index (χ1) is 15.7. The van der Waals surface area contributed by atoms with Crippen molar-refractivity contribution in [2.75, 3.05) is 44.2 Å². The number of benzene rings is 2. The van der Waals surface area contributed by atoms with Gasteiger partial charge in [-0.3, -0.25) is 9.69 Å². The van der Waals surface area contributed by atoms with Crippen molar-refractivity contribution in [3.63, 3.8) is 0 Å². The summed E-state index contributed by atoms with van der Waals surface area (Å²) in [7, 11) is 0. The minimum Gasteiger partial charge on any atom is -0.369 e. The Morgan fingerprint density at radius 2 is 1.69 bits per heavy atom. The second kappa shape index (κ2) is 10.9. The van der Waals surface area contributed by atoms with E-state index in [-0.39, 0.29) is 5.91 Å². The summed E-state index contributed by atoms with van der Waals surface area (Å²) in [6, 6.07) is 19.9. The molecular formula is C26H28N4OS. The lowest BCUT2D eigenvalue weighted by Crippen LogP contribution is -2.46. The van der Waals surface area contributed by atoms with Crippen LogP contribution in [0.5, 0.6) is 0 Å². The molecule has 1 fully saturated rings. The smallest absolute Gasteiger partial charge is 0.251 e. The van der Waals surface area contributed by atoms with Gasteiger partial charge in [0.25, 0.3) is 5.91 Å². The molecule has 5 nitrogen and oxygen atoms in total. The molecule has 4 rings (SSSR count). The van der Waals surface area contributed by atoms with Crippen LogP contribution in [-0.2, 0) is 0 Å². The normalized spacial score (nSPS) is 14.2. The molecule has 3 aromatic rings. The van der Waals surface area contributed by atoms with Crippen molar-refractivity contribution in [3.8, 4) is 17.2 Å². The van der Waals surface area contributed by atoms with E-state index in [1.807, 2.05) is 48.5 Å². The number of unbranched alkanes of at least 4 members (excludes halogenated alkanes) is 1. The van der Waals surface area contributed by atoms with Crippen molar-refractivity contribution in [1.82, 2.24) is 10.2 Å². The van der Waals surface area contributed by atoms with E-state index >= 15 is 0 Å². The number of thiophene rings is 1. The van der Waals surface area contributed by atoms with Gasteiger partial charge in [0, 0.05) is 44.0 Å². The fraction of sp³-hybridized carbons (Fsp3) is 0.308. The molecule has 1 amide bonds. The molecule has 0 unspecified atom stereocenters. The van der Waals surface area contributed by atoms with Crippen molar-refractivity contribution in [3.05, 3.63) is 76.5 Å². The first-order valence-electron chi connectivity index (χ1n) is 11.1. The number of nitrogens with one attached hydrogen (secondary N) is 1. The van der Waals surface area contributed by atoms with Crippen LogP contribution in [-0.4, -0.2) is 50.1 Å². The highest BCUT2D eigenvalue weighted by Crippen LogP contribution is 2.22. The van der Waals surface area contributed by atoms with Crippen molar-refractivity contribution in [1.29, 1.82) is 5.26 Å². The van der Waals surface area contributed by atoms with Crippen molar-refractivity contribution < 1.29 is 4.79 Å². The quantitative estimate of drug-likeness (QED) is 0.515. The fourth-order valence-corrected chi connectivity index (χ4v) is 4.65. The number of nitrogens with zero attached hydrogens (tertiary/aromatic N) is 3. The number of anilines is 1. The van der Waals surface area contributed by atoms with E-state index in [9.17, 15) is 4.79 Å². The van der Waals surface area contributed by atoms with Crippen molar-refractivity contribution >= 4 is 22.9 Å². The van der Waals surface area contributed by atoms with Crippen LogP contribution in [0.2, 0.25) is 0 Å². The van der Waals surface area contributed by atoms with Crippen LogP contribution in [0.3, 0.4) is 0 Å². The maximum absolute atomic E-state index is 12.4. The molecule has 1 aliphatic heterocycles. The van der Waals surface area contributed by atoms with Crippen LogP contribution in [0, 0.1) is 11.3 Å². The van der Waals surface area contributed by atoms with Crippen LogP contribution in [0.15, 0.2) is 65.4 Å². The summed E-state index contributed by atoms with van der Waals surface area (Å²) in [4.78, 5) is 17.2. The largest absolute Gasteiger partial charge is 0.369 e. The zero-order valence-electron chi connectivity index (χ0n) is 18.2. The number of piperazine rings is 1. The average Bonchev–Trinajstić information content (AvgIpc) is 3.39. The predicted octanol–water partition coefficient (Wildman–Crippen LogP) is 4.62. The molecule has 1 saturated heterocycles. The SMILES string of the molecule is N#Cc1ccc(N2CCN(CCCCNC(=O)c3ccc(-c4ccsc4)cc3)CC2)cc1. The van der Waals surface area contributed by atoms with E-state index in [1.165, 1.54) is 11.3 Å². The molecule has 1 N–H and O–H groups in total. The van der Waals surface area contributed by atoms with Gasteiger partial charge in [0.05, 0.1) is 11.6 Å². The monoisotopic (exact) mass is 444 g/mol. The van der Waals surface area contributed by atoms with Gasteiger partial charge in [0.1, 0.15) is 0 Å². The Morgan fingerprint density at radius 1 is 0.938 bits per heavy atom. The summed E-state index contributed by atoms with van der Waals surface area (Å²) >= 11 is 1.68. The Hall–Kier alpha value is -3.14. The zero-order chi connectivity index (χ0) is 22.2. The standard InChI is InChI=1S/C26H28N4OS/c27-19-21-3-9-25(10-4-21)30-16-14-29(15-17-30)13-2-1-12-28-26(31)23-7-5-22(6-8-23)24-11-18-32-20-24/h3-11,18,20H,1-2,12-17H2,(H,28,31). The van der Waals surface area contributed by atoms with Crippen LogP contribution in [0.1, 0.15) is 28.8 Å². The van der Waals surface area contributed by atoms with Gasteiger partial charge in [0.15, 0.2) is 0 Å². The number of carbonyl (C=O) groups is 1. The number of hydrogen-bond acceptors (Lipinski definition) is 5. The summed E-state index contributed by atoms with van der Waals surface area (Å²) in [6.07, 6.45) is 2.06. The zero-order valence-corrected chi connectivity index (χ0v) is 19.0. The molecule has 0 bridgehead atoms. The van der Waals surface area contributed by atoms with Gasteiger partial charge < -0.3 is 10.2 Å². The van der Waals surface area contributed by atoms with Gasteiger partial charge in [-0.05, 0) is 83.7 Å². The van der Waals surface area contributed by atoms with Gasteiger partial charge in [-0.15, -0.1) is 0 Å². The minimum absolute atomic E-state index is 0.00194. The van der Waals surface area contributed by atoms with Gasteiger partial charge in [-0.1, -0.05) is 12.1 Å². The van der Waals surface area contributed by atoms with Crippen molar-refractivity contribution in [2.45, 2.75) is 12.8 Å². The molecule has 1 aromatic heterocycles. The number of nitriles is 1. The first kappa shape index (κ1) is 22.1. The summed E-state index contributed by atoms with van der Waals surface area (Å²) in [5.41, 5.74) is 4.94. The van der Waals surface area contributed by atoms with E-state index in [1.54, 1.807) is 11.3 Å². The number of amides is 1. The lowest BCUT2D eigenvalue weighted by atomic mass is 10.1. The third-order valence-corrected chi connectivity index (χ3v) is 6.61. The molecule has 0 spiro atoms. The van der Waals surface area contributed by atoms with Crippen LogP contribution in [0.25, 0.3) is 11.1 Å². The van der Waals surface area contributed by atoms with Gasteiger partial charge in [-0.25, -0.2) is 0 Å². The maximum atomic E-state index is 12.4. The molecule has 0 aliphatic carbocycles. The lowest BCUT2D eigenvalue weighted by molar-refractivity contribution is 0.0952. The summed E-state index contributed by atoms with van der Waals surface area (Å²) in [5.74, 6) is -0.00194. The fourth-order valence-electron chi connectivity index (χ4n) is 3.98. The Kier molecular flexibility index (Phi) is 7.55. The van der Waals surface area contributed by atoms with E-state index in [4.69, 9.17) is 5.26 Å². The second-order valence-electron chi connectivity index (χ2n) is 8.04. The van der Waals surface area contributed by atoms with E-state index in [2.05, 4.69) is 38.0 Å². The van der Waals surface area contributed by atoms with E-state index in [0.717, 1.165) is 51.1 Å². The number of hydrogen-bond donors (Lipinski definition) is 1. The average molecular weight is 445 g/mol. The maximum Gasteiger partial charge on any atom is 0.251 e.